The highest BCUT2D eigenvalue weighted by Gasteiger charge is 2.22. The minimum atomic E-state index is -3.41. The molecule has 0 spiro atoms. The lowest BCUT2D eigenvalue weighted by atomic mass is 10.1. The van der Waals surface area contributed by atoms with Crippen molar-refractivity contribution in [3.63, 3.8) is 0 Å². The van der Waals surface area contributed by atoms with E-state index < -0.39 is 10.0 Å². The molecular formula is C12H17ClN2O2S. The fourth-order valence-corrected chi connectivity index (χ4v) is 3.36. The fraction of sp³-hybridized carbons (Fsp3) is 0.500. The lowest BCUT2D eigenvalue weighted by Gasteiger charge is -2.12. The Kier molecular flexibility index (Phi) is 4.27. The molecule has 0 saturated carbocycles. The first-order valence-electron chi connectivity index (χ1n) is 5.91. The molecular weight excluding hydrogens is 272 g/mol. The lowest BCUT2D eigenvalue weighted by Crippen LogP contribution is -2.30. The van der Waals surface area contributed by atoms with Gasteiger partial charge < -0.3 is 4.90 Å². The van der Waals surface area contributed by atoms with Crippen LogP contribution in [0.1, 0.15) is 6.42 Å². The summed E-state index contributed by atoms with van der Waals surface area (Å²) < 4.78 is 26.7. The second-order valence-corrected chi connectivity index (χ2v) is 6.93. The Bertz CT molecular complexity index is 501. The fourth-order valence-electron chi connectivity index (χ4n) is 2.12. The van der Waals surface area contributed by atoms with Crippen LogP contribution in [-0.2, 0) is 10.0 Å². The van der Waals surface area contributed by atoms with Crippen LogP contribution in [0.15, 0.2) is 29.2 Å². The van der Waals surface area contributed by atoms with Gasteiger partial charge >= 0.3 is 0 Å². The number of hydrogen-bond donors (Lipinski definition) is 1. The van der Waals surface area contributed by atoms with E-state index in [2.05, 4.69) is 9.62 Å². The Morgan fingerprint density at radius 2 is 2.06 bits per heavy atom. The second-order valence-electron chi connectivity index (χ2n) is 4.72. The molecule has 1 aromatic carbocycles. The van der Waals surface area contributed by atoms with Crippen molar-refractivity contribution in [2.45, 2.75) is 11.3 Å². The van der Waals surface area contributed by atoms with Crippen molar-refractivity contribution < 1.29 is 8.42 Å². The van der Waals surface area contributed by atoms with E-state index in [1.165, 1.54) is 12.1 Å². The normalized spacial score (nSPS) is 21.3. The third-order valence-corrected chi connectivity index (χ3v) is 4.87. The molecule has 1 aromatic rings. The van der Waals surface area contributed by atoms with Crippen molar-refractivity contribution in [1.82, 2.24) is 9.62 Å². The second kappa shape index (κ2) is 5.57. The summed E-state index contributed by atoms with van der Waals surface area (Å²) in [4.78, 5) is 2.47. The van der Waals surface area contributed by atoms with Gasteiger partial charge in [0, 0.05) is 18.1 Å². The first kappa shape index (κ1) is 13.8. The first-order valence-corrected chi connectivity index (χ1v) is 7.77. The van der Waals surface area contributed by atoms with Crippen LogP contribution in [-0.4, -0.2) is 40.0 Å². The number of hydrogen-bond acceptors (Lipinski definition) is 3. The predicted octanol–water partition coefficient (Wildman–Crippen LogP) is 1.57. The number of nitrogens with one attached hydrogen (secondary N) is 1. The van der Waals surface area contributed by atoms with Gasteiger partial charge in [-0.15, -0.1) is 0 Å². The topological polar surface area (TPSA) is 49.4 Å². The van der Waals surface area contributed by atoms with E-state index in [1.807, 2.05) is 7.05 Å². The molecule has 1 unspecified atom stereocenters. The largest absolute Gasteiger partial charge is 0.306 e. The first-order chi connectivity index (χ1) is 8.47. The molecule has 6 heteroatoms. The van der Waals surface area contributed by atoms with Gasteiger partial charge in [-0.2, -0.15) is 0 Å². The molecule has 0 amide bonds. The van der Waals surface area contributed by atoms with Crippen molar-refractivity contribution >= 4 is 21.6 Å². The molecule has 1 atom stereocenters. The average molecular weight is 289 g/mol. The number of nitrogens with zero attached hydrogens (tertiary/aromatic N) is 1. The molecule has 100 valence electrons. The Balaban J connectivity index is 1.97. The molecule has 1 heterocycles. The molecule has 1 N–H and O–H groups in total. The minimum Gasteiger partial charge on any atom is -0.306 e. The van der Waals surface area contributed by atoms with Crippen molar-refractivity contribution in [2.24, 2.45) is 5.92 Å². The van der Waals surface area contributed by atoms with Gasteiger partial charge in [-0.1, -0.05) is 11.6 Å². The number of halogens is 1. The standard InChI is InChI=1S/C12H17ClN2O2S/c1-15-7-6-10(9-15)8-14-18(16,17)12-4-2-11(13)3-5-12/h2-5,10,14H,6-9H2,1H3. The molecule has 0 aliphatic carbocycles. The lowest BCUT2D eigenvalue weighted by molar-refractivity contribution is 0.394. The van der Waals surface area contributed by atoms with E-state index in [9.17, 15) is 8.42 Å². The molecule has 18 heavy (non-hydrogen) atoms. The van der Waals surface area contributed by atoms with Crippen molar-refractivity contribution in [1.29, 1.82) is 0 Å². The van der Waals surface area contributed by atoms with Gasteiger partial charge in [0.25, 0.3) is 0 Å². The summed E-state index contributed by atoms with van der Waals surface area (Å²) in [5.74, 6) is 0.400. The molecule has 0 radical (unpaired) electrons. The highest BCUT2D eigenvalue weighted by atomic mass is 35.5. The average Bonchev–Trinajstić information content (AvgIpc) is 2.73. The maximum Gasteiger partial charge on any atom is 0.240 e. The summed E-state index contributed by atoms with van der Waals surface area (Å²) in [6, 6.07) is 6.20. The van der Waals surface area contributed by atoms with Gasteiger partial charge in [-0.05, 0) is 50.2 Å². The zero-order valence-corrected chi connectivity index (χ0v) is 11.8. The van der Waals surface area contributed by atoms with Gasteiger partial charge in [0.2, 0.25) is 10.0 Å². The maximum absolute atomic E-state index is 12.0. The molecule has 2 rings (SSSR count). The summed E-state index contributed by atoms with van der Waals surface area (Å²) >= 11 is 5.74. The third-order valence-electron chi connectivity index (χ3n) is 3.17. The highest BCUT2D eigenvalue weighted by molar-refractivity contribution is 7.89. The van der Waals surface area contributed by atoms with E-state index in [0.717, 1.165) is 19.5 Å². The number of benzene rings is 1. The van der Waals surface area contributed by atoms with Gasteiger partial charge in [0.1, 0.15) is 0 Å². The summed E-state index contributed by atoms with van der Waals surface area (Å²) in [6.07, 6.45) is 1.04. The van der Waals surface area contributed by atoms with Gasteiger partial charge in [0.15, 0.2) is 0 Å². The Hall–Kier alpha value is -0.620. The van der Waals surface area contributed by atoms with Crippen LogP contribution < -0.4 is 4.72 Å². The predicted molar refractivity (Wildman–Crippen MR) is 72.2 cm³/mol. The van der Waals surface area contributed by atoms with Crippen LogP contribution >= 0.6 is 11.6 Å². The molecule has 1 aliphatic heterocycles. The van der Waals surface area contributed by atoms with Gasteiger partial charge in [0.05, 0.1) is 4.90 Å². The van der Waals surface area contributed by atoms with Crippen molar-refractivity contribution in [3.8, 4) is 0 Å². The van der Waals surface area contributed by atoms with Crippen LogP contribution in [0.4, 0.5) is 0 Å². The highest BCUT2D eigenvalue weighted by Crippen LogP contribution is 2.16. The van der Waals surface area contributed by atoms with Crippen LogP contribution in [0, 0.1) is 5.92 Å². The Morgan fingerprint density at radius 1 is 1.39 bits per heavy atom. The van der Waals surface area contributed by atoms with Crippen LogP contribution in [0.3, 0.4) is 0 Å². The zero-order chi connectivity index (χ0) is 13.2. The SMILES string of the molecule is CN1CCC(CNS(=O)(=O)c2ccc(Cl)cc2)C1. The van der Waals surface area contributed by atoms with Gasteiger partial charge in [-0.25, -0.2) is 13.1 Å². The summed E-state index contributed by atoms with van der Waals surface area (Å²) in [6.45, 7) is 2.48. The van der Waals surface area contributed by atoms with E-state index >= 15 is 0 Å². The number of rotatable bonds is 4. The van der Waals surface area contributed by atoms with Crippen molar-refractivity contribution in [3.05, 3.63) is 29.3 Å². The molecule has 0 bridgehead atoms. The summed E-state index contributed by atoms with van der Waals surface area (Å²) in [7, 11) is -1.36. The molecule has 1 aliphatic rings. The molecule has 1 saturated heterocycles. The molecule has 0 aromatic heterocycles. The molecule has 4 nitrogen and oxygen atoms in total. The van der Waals surface area contributed by atoms with Crippen molar-refractivity contribution in [2.75, 3.05) is 26.7 Å². The van der Waals surface area contributed by atoms with E-state index in [1.54, 1.807) is 12.1 Å². The smallest absolute Gasteiger partial charge is 0.240 e. The Labute approximate surface area is 113 Å². The monoisotopic (exact) mass is 288 g/mol. The van der Waals surface area contributed by atoms with E-state index in [4.69, 9.17) is 11.6 Å². The van der Waals surface area contributed by atoms with Crippen LogP contribution in [0.25, 0.3) is 0 Å². The van der Waals surface area contributed by atoms with E-state index in [-0.39, 0.29) is 4.90 Å². The number of likely N-dealkylation sites (tertiary alicyclic amines) is 1. The van der Waals surface area contributed by atoms with Crippen LogP contribution in [0.5, 0.6) is 0 Å². The summed E-state index contributed by atoms with van der Waals surface area (Å²) in [5, 5.41) is 0.534. The third kappa shape index (κ3) is 3.45. The Morgan fingerprint density at radius 3 is 2.61 bits per heavy atom. The minimum absolute atomic E-state index is 0.262. The summed E-state index contributed by atoms with van der Waals surface area (Å²) in [5.41, 5.74) is 0. The molecule has 1 fully saturated rings. The van der Waals surface area contributed by atoms with E-state index in [0.29, 0.717) is 17.5 Å². The zero-order valence-electron chi connectivity index (χ0n) is 10.3. The number of sulfonamides is 1. The quantitative estimate of drug-likeness (QED) is 0.915. The van der Waals surface area contributed by atoms with Gasteiger partial charge in [-0.3, -0.25) is 0 Å². The maximum atomic E-state index is 12.0. The van der Waals surface area contributed by atoms with Crippen LogP contribution in [0.2, 0.25) is 5.02 Å².